The zero-order valence-corrected chi connectivity index (χ0v) is 14.3. The quantitative estimate of drug-likeness (QED) is 0.546. The summed E-state index contributed by atoms with van der Waals surface area (Å²) >= 11 is 0. The van der Waals surface area contributed by atoms with E-state index in [0.717, 1.165) is 19.1 Å². The second-order valence-electron chi connectivity index (χ2n) is 5.39. The number of methoxy groups -OCH3 is 2. The molecule has 0 aromatic carbocycles. The van der Waals surface area contributed by atoms with E-state index in [4.69, 9.17) is 14.6 Å². The van der Waals surface area contributed by atoms with E-state index in [0.29, 0.717) is 18.5 Å². The minimum Gasteiger partial charge on any atom is -0.512 e. The lowest BCUT2D eigenvalue weighted by molar-refractivity contribution is -0.151. The summed E-state index contributed by atoms with van der Waals surface area (Å²) in [6.45, 7) is 2.22. The van der Waals surface area contributed by atoms with Crippen LogP contribution in [0, 0.1) is 0 Å². The molecule has 2 N–H and O–H groups in total. The predicted molar refractivity (Wildman–Crippen MR) is 88.2 cm³/mol. The van der Waals surface area contributed by atoms with Crippen molar-refractivity contribution in [3.05, 3.63) is 35.5 Å². The number of ether oxygens (including phenoxy) is 2. The van der Waals surface area contributed by atoms with Crippen LogP contribution in [0.25, 0.3) is 0 Å². The van der Waals surface area contributed by atoms with E-state index >= 15 is 0 Å². The first-order chi connectivity index (χ1) is 11.5. The first kappa shape index (κ1) is 19.6. The fraction of sp³-hybridized carbons (Fsp3) is 0.529. The Kier molecular flexibility index (Phi) is 7.88. The molecular weight excluding hydrogens is 314 g/mol. The number of likely N-dealkylation sites (tertiary alicyclic amines) is 1. The zero-order chi connectivity index (χ0) is 18.1. The number of aliphatic hydroxyl groups is 1. The number of carboxylic acid groups (broad SMARTS) is 1. The second kappa shape index (κ2) is 9.64. The van der Waals surface area contributed by atoms with Gasteiger partial charge in [-0.1, -0.05) is 6.08 Å². The maximum Gasteiger partial charge on any atom is 0.326 e. The third kappa shape index (κ3) is 5.04. The monoisotopic (exact) mass is 339 g/mol. The van der Waals surface area contributed by atoms with Crippen molar-refractivity contribution in [2.45, 2.75) is 38.6 Å². The highest BCUT2D eigenvalue weighted by Crippen LogP contribution is 2.21. The number of nitrogens with zero attached hydrogens (tertiary/aromatic N) is 1. The summed E-state index contributed by atoms with van der Waals surface area (Å²) in [5, 5.41) is 18.4. The van der Waals surface area contributed by atoms with Crippen molar-refractivity contribution in [1.29, 1.82) is 0 Å². The van der Waals surface area contributed by atoms with Crippen LogP contribution in [0.3, 0.4) is 0 Å². The van der Waals surface area contributed by atoms with Crippen molar-refractivity contribution in [2.75, 3.05) is 20.8 Å². The molecular formula is C17H25NO6. The molecule has 1 amide bonds. The van der Waals surface area contributed by atoms with Gasteiger partial charge in [-0.25, -0.2) is 4.79 Å². The number of carbonyl (C=O) groups excluding carboxylic acids is 1. The van der Waals surface area contributed by atoms with Crippen LogP contribution in [-0.2, 0) is 19.1 Å². The Morgan fingerprint density at radius 3 is 2.38 bits per heavy atom. The van der Waals surface area contributed by atoms with Crippen molar-refractivity contribution < 1.29 is 29.3 Å². The van der Waals surface area contributed by atoms with Crippen LogP contribution >= 0.6 is 0 Å². The smallest absolute Gasteiger partial charge is 0.326 e. The van der Waals surface area contributed by atoms with Gasteiger partial charge in [-0.2, -0.15) is 0 Å². The Hall–Kier alpha value is -2.44. The SMILES string of the molecule is C\C=C(/C=C(OC)\C(=C\O)OC)CC(=O)N1CCCCC1C(=O)O. The van der Waals surface area contributed by atoms with Crippen LogP contribution in [0.2, 0.25) is 0 Å². The number of piperidine rings is 1. The molecule has 1 aliphatic rings. The topological polar surface area (TPSA) is 96.3 Å². The molecule has 0 bridgehead atoms. The number of amides is 1. The molecule has 0 spiro atoms. The second-order valence-corrected chi connectivity index (χ2v) is 5.39. The summed E-state index contributed by atoms with van der Waals surface area (Å²) in [4.78, 5) is 25.3. The van der Waals surface area contributed by atoms with Gasteiger partial charge in [0.05, 0.1) is 20.6 Å². The van der Waals surface area contributed by atoms with Gasteiger partial charge < -0.3 is 24.6 Å². The Morgan fingerprint density at radius 1 is 1.21 bits per heavy atom. The van der Waals surface area contributed by atoms with Crippen LogP contribution in [-0.4, -0.2) is 53.8 Å². The number of aliphatic hydroxyl groups excluding tert-OH is 1. The summed E-state index contributed by atoms with van der Waals surface area (Å²) < 4.78 is 10.1. The average Bonchev–Trinajstić information content (AvgIpc) is 2.60. The summed E-state index contributed by atoms with van der Waals surface area (Å²) in [6.07, 6.45) is 6.24. The first-order valence-corrected chi connectivity index (χ1v) is 7.80. The fourth-order valence-corrected chi connectivity index (χ4v) is 2.62. The maximum absolute atomic E-state index is 12.5. The highest BCUT2D eigenvalue weighted by Gasteiger charge is 2.31. The van der Waals surface area contributed by atoms with Gasteiger partial charge in [-0.15, -0.1) is 0 Å². The van der Waals surface area contributed by atoms with Crippen LogP contribution in [0.1, 0.15) is 32.6 Å². The summed E-state index contributed by atoms with van der Waals surface area (Å²) in [5.74, 6) is -0.808. The minimum atomic E-state index is -0.969. The summed E-state index contributed by atoms with van der Waals surface area (Å²) in [5.41, 5.74) is 0.642. The van der Waals surface area contributed by atoms with Gasteiger partial charge in [0.2, 0.25) is 5.91 Å². The highest BCUT2D eigenvalue weighted by atomic mass is 16.5. The summed E-state index contributed by atoms with van der Waals surface area (Å²) in [6, 6.07) is -0.762. The van der Waals surface area contributed by atoms with Crippen molar-refractivity contribution in [1.82, 2.24) is 4.90 Å². The Morgan fingerprint density at radius 2 is 1.88 bits per heavy atom. The molecule has 7 heteroatoms. The number of carbonyl (C=O) groups is 2. The van der Waals surface area contributed by atoms with E-state index in [1.165, 1.54) is 19.1 Å². The molecule has 1 fully saturated rings. The number of rotatable bonds is 7. The van der Waals surface area contributed by atoms with Crippen molar-refractivity contribution in [2.24, 2.45) is 0 Å². The van der Waals surface area contributed by atoms with Crippen molar-refractivity contribution in [3.8, 4) is 0 Å². The van der Waals surface area contributed by atoms with Gasteiger partial charge in [-0.3, -0.25) is 4.79 Å². The number of hydrogen-bond acceptors (Lipinski definition) is 5. The van der Waals surface area contributed by atoms with Crippen LogP contribution in [0.5, 0.6) is 0 Å². The van der Waals surface area contributed by atoms with Gasteiger partial charge in [0, 0.05) is 6.54 Å². The molecule has 0 saturated carbocycles. The van der Waals surface area contributed by atoms with E-state index in [2.05, 4.69) is 0 Å². The minimum absolute atomic E-state index is 0.0512. The van der Waals surface area contributed by atoms with Crippen LogP contribution < -0.4 is 0 Å². The molecule has 0 aromatic heterocycles. The normalized spacial score (nSPS) is 19.9. The first-order valence-electron chi connectivity index (χ1n) is 7.80. The molecule has 1 rings (SSSR count). The van der Waals surface area contributed by atoms with Gasteiger partial charge in [0.1, 0.15) is 12.3 Å². The summed E-state index contributed by atoms with van der Waals surface area (Å²) in [7, 11) is 2.81. The maximum atomic E-state index is 12.5. The van der Waals surface area contributed by atoms with Crippen molar-refractivity contribution >= 4 is 11.9 Å². The lowest BCUT2D eigenvalue weighted by atomic mass is 10.0. The molecule has 1 heterocycles. The van der Waals surface area contributed by atoms with E-state index < -0.39 is 12.0 Å². The van der Waals surface area contributed by atoms with Crippen LogP contribution in [0.15, 0.2) is 35.5 Å². The van der Waals surface area contributed by atoms with E-state index in [-0.39, 0.29) is 23.8 Å². The third-order valence-electron chi connectivity index (χ3n) is 3.95. The molecule has 1 aliphatic heterocycles. The fourth-order valence-electron chi connectivity index (χ4n) is 2.62. The number of allylic oxidation sites excluding steroid dienone is 2. The molecule has 1 saturated heterocycles. The molecule has 1 atom stereocenters. The van der Waals surface area contributed by atoms with Gasteiger partial charge >= 0.3 is 5.97 Å². The molecule has 24 heavy (non-hydrogen) atoms. The predicted octanol–water partition coefficient (Wildman–Crippen LogP) is 2.36. The highest BCUT2D eigenvalue weighted by molar-refractivity contribution is 5.85. The molecule has 1 unspecified atom stereocenters. The van der Waals surface area contributed by atoms with Gasteiger partial charge in [0.25, 0.3) is 0 Å². The van der Waals surface area contributed by atoms with E-state index in [9.17, 15) is 14.7 Å². The molecule has 134 valence electrons. The zero-order valence-electron chi connectivity index (χ0n) is 14.3. The number of carboxylic acids is 1. The average molecular weight is 339 g/mol. The van der Waals surface area contributed by atoms with Crippen LogP contribution in [0.4, 0.5) is 0 Å². The van der Waals surface area contributed by atoms with Gasteiger partial charge in [-0.05, 0) is 37.8 Å². The molecule has 0 aliphatic carbocycles. The van der Waals surface area contributed by atoms with E-state index in [1.54, 1.807) is 19.1 Å². The lowest BCUT2D eigenvalue weighted by Crippen LogP contribution is -2.48. The van der Waals surface area contributed by atoms with Gasteiger partial charge in [0.15, 0.2) is 11.5 Å². The molecule has 0 radical (unpaired) electrons. The number of hydrogen-bond donors (Lipinski definition) is 2. The van der Waals surface area contributed by atoms with Crippen molar-refractivity contribution in [3.63, 3.8) is 0 Å². The molecule has 7 nitrogen and oxygen atoms in total. The number of aliphatic carboxylic acids is 1. The van der Waals surface area contributed by atoms with E-state index in [1.807, 2.05) is 0 Å². The standard InChI is InChI=1S/C17H25NO6/c1-4-12(9-14(23-2)15(11-19)24-3)10-16(20)18-8-6-5-7-13(18)17(21)22/h4,9,11,13,19H,5-8,10H2,1-3H3,(H,21,22)/b12-4+,14-9+,15-11-. The Bertz CT molecular complexity index is 549. The Balaban J connectivity index is 2.91. The molecule has 0 aromatic rings. The third-order valence-corrected chi connectivity index (χ3v) is 3.95. The largest absolute Gasteiger partial charge is 0.512 e. The lowest BCUT2D eigenvalue weighted by Gasteiger charge is -2.33. The Labute approximate surface area is 141 Å².